The molecule has 2 aromatic rings. The van der Waals surface area contributed by atoms with E-state index in [9.17, 15) is 13.2 Å². The Hall–Kier alpha value is -2.43. The molecular formula is C16H17ClN4O5S. The molecule has 2 heterocycles. The molecule has 0 spiro atoms. The van der Waals surface area contributed by atoms with Gasteiger partial charge >= 0.3 is 6.03 Å². The number of ether oxygens (including phenoxy) is 2. The number of hydrogen-bond donors (Lipinski definition) is 2. The molecule has 3 rings (SSSR count). The maximum Gasteiger partial charge on any atom is 0.335 e. The quantitative estimate of drug-likeness (QED) is 0.724. The number of aromatic nitrogens is 2. The summed E-state index contributed by atoms with van der Waals surface area (Å²) in [5, 5.41) is 2.26. The van der Waals surface area contributed by atoms with Crippen molar-refractivity contribution in [1.29, 1.82) is 0 Å². The van der Waals surface area contributed by atoms with E-state index in [0.717, 1.165) is 12.8 Å². The molecule has 11 heteroatoms. The summed E-state index contributed by atoms with van der Waals surface area (Å²) in [5.74, 6) is -0.0728. The third-order valence-corrected chi connectivity index (χ3v) is 5.42. The Morgan fingerprint density at radius 3 is 2.81 bits per heavy atom. The average molecular weight is 413 g/mol. The molecule has 27 heavy (non-hydrogen) atoms. The smallest absolute Gasteiger partial charge is 0.335 e. The zero-order chi connectivity index (χ0) is 19.4. The SMILES string of the molecule is COc1cc(Cl)nc(NC(=O)NS(=O)(=O)c2ccccc2C2CCCO2)n1. The van der Waals surface area contributed by atoms with Gasteiger partial charge in [-0.1, -0.05) is 29.8 Å². The fraction of sp³-hybridized carbons (Fsp3) is 0.312. The Morgan fingerprint density at radius 2 is 2.11 bits per heavy atom. The minimum absolute atomic E-state index is 0.0170. The van der Waals surface area contributed by atoms with E-state index in [1.165, 1.54) is 19.2 Å². The van der Waals surface area contributed by atoms with Crippen LogP contribution in [-0.2, 0) is 14.8 Å². The van der Waals surface area contributed by atoms with Gasteiger partial charge in [0.25, 0.3) is 10.0 Å². The van der Waals surface area contributed by atoms with E-state index in [1.54, 1.807) is 18.2 Å². The molecule has 0 bridgehead atoms. The van der Waals surface area contributed by atoms with Crippen molar-refractivity contribution in [2.24, 2.45) is 0 Å². The Labute approximate surface area is 161 Å². The largest absolute Gasteiger partial charge is 0.481 e. The minimum Gasteiger partial charge on any atom is -0.481 e. The maximum atomic E-state index is 12.7. The molecule has 0 radical (unpaired) electrons. The van der Waals surface area contributed by atoms with Gasteiger partial charge in [0.1, 0.15) is 5.15 Å². The van der Waals surface area contributed by atoms with Crippen LogP contribution in [0.1, 0.15) is 24.5 Å². The standard InChI is InChI=1S/C16H17ClN4O5S/c1-25-14-9-13(17)18-15(19-14)20-16(22)21-27(23,24)12-7-3-2-5-10(12)11-6-4-8-26-11/h2-3,5,7,9,11H,4,6,8H2,1H3,(H2,18,19,20,21,22). The number of urea groups is 1. The van der Waals surface area contributed by atoms with Crippen molar-refractivity contribution in [1.82, 2.24) is 14.7 Å². The molecule has 1 aliphatic heterocycles. The van der Waals surface area contributed by atoms with Gasteiger partial charge in [-0.05, 0) is 18.9 Å². The minimum atomic E-state index is -4.14. The van der Waals surface area contributed by atoms with E-state index < -0.39 is 16.1 Å². The van der Waals surface area contributed by atoms with Gasteiger partial charge in [-0.15, -0.1) is 0 Å². The Kier molecular flexibility index (Phi) is 5.78. The Morgan fingerprint density at radius 1 is 1.33 bits per heavy atom. The van der Waals surface area contributed by atoms with Crippen LogP contribution in [0.3, 0.4) is 0 Å². The summed E-state index contributed by atoms with van der Waals surface area (Å²) in [7, 11) is -2.77. The number of amides is 2. The number of hydrogen-bond acceptors (Lipinski definition) is 7. The summed E-state index contributed by atoms with van der Waals surface area (Å²) in [6.07, 6.45) is 1.25. The van der Waals surface area contributed by atoms with Gasteiger partial charge in [0, 0.05) is 18.2 Å². The van der Waals surface area contributed by atoms with Crippen molar-refractivity contribution >= 4 is 33.6 Å². The Bertz CT molecular complexity index is 948. The first-order valence-corrected chi connectivity index (χ1v) is 9.88. The molecule has 2 N–H and O–H groups in total. The van der Waals surface area contributed by atoms with Crippen LogP contribution in [0.2, 0.25) is 5.15 Å². The van der Waals surface area contributed by atoms with Gasteiger partial charge in [0.15, 0.2) is 0 Å². The number of anilines is 1. The molecule has 0 aliphatic carbocycles. The first-order chi connectivity index (χ1) is 12.9. The van der Waals surface area contributed by atoms with Crippen LogP contribution in [-0.4, -0.2) is 38.1 Å². The van der Waals surface area contributed by atoms with Gasteiger partial charge in [0.2, 0.25) is 11.8 Å². The lowest BCUT2D eigenvalue weighted by atomic mass is 10.1. The summed E-state index contributed by atoms with van der Waals surface area (Å²) >= 11 is 5.80. The molecule has 1 aromatic carbocycles. The summed E-state index contributed by atoms with van der Waals surface area (Å²) in [6, 6.07) is 6.72. The number of halogens is 1. The highest BCUT2D eigenvalue weighted by molar-refractivity contribution is 7.90. The number of carbonyl (C=O) groups excluding carboxylic acids is 1. The molecule has 0 saturated carbocycles. The molecule has 2 amide bonds. The number of rotatable bonds is 5. The number of nitrogens with one attached hydrogen (secondary N) is 2. The molecule has 144 valence electrons. The average Bonchev–Trinajstić information content (AvgIpc) is 3.15. The number of methoxy groups -OCH3 is 1. The van der Waals surface area contributed by atoms with E-state index in [4.69, 9.17) is 21.1 Å². The highest BCUT2D eigenvalue weighted by Crippen LogP contribution is 2.32. The maximum absolute atomic E-state index is 12.7. The first kappa shape index (κ1) is 19.3. The van der Waals surface area contributed by atoms with Crippen LogP contribution in [0, 0.1) is 0 Å². The van der Waals surface area contributed by atoms with E-state index in [-0.39, 0.29) is 28.0 Å². The fourth-order valence-corrected chi connectivity index (χ4v) is 4.02. The summed E-state index contributed by atoms with van der Waals surface area (Å²) in [6.45, 7) is 0.570. The monoisotopic (exact) mass is 412 g/mol. The van der Waals surface area contributed by atoms with Gasteiger partial charge < -0.3 is 9.47 Å². The van der Waals surface area contributed by atoms with Crippen LogP contribution in [0.5, 0.6) is 5.88 Å². The molecule has 1 aliphatic rings. The lowest BCUT2D eigenvalue weighted by Crippen LogP contribution is -2.35. The van der Waals surface area contributed by atoms with E-state index in [1.807, 2.05) is 4.72 Å². The second kappa shape index (κ2) is 8.07. The molecule has 1 unspecified atom stereocenters. The van der Waals surface area contributed by atoms with Crippen molar-refractivity contribution in [2.75, 3.05) is 19.0 Å². The van der Waals surface area contributed by atoms with Crippen LogP contribution < -0.4 is 14.8 Å². The van der Waals surface area contributed by atoms with Crippen molar-refractivity contribution in [3.8, 4) is 5.88 Å². The van der Waals surface area contributed by atoms with Crippen LogP contribution >= 0.6 is 11.6 Å². The zero-order valence-electron chi connectivity index (χ0n) is 14.3. The first-order valence-electron chi connectivity index (χ1n) is 8.02. The van der Waals surface area contributed by atoms with E-state index in [0.29, 0.717) is 12.2 Å². The molecule has 1 atom stereocenters. The van der Waals surface area contributed by atoms with Gasteiger partial charge in [-0.25, -0.2) is 22.9 Å². The number of sulfonamides is 1. The molecular weight excluding hydrogens is 396 g/mol. The van der Waals surface area contributed by atoms with E-state index >= 15 is 0 Å². The van der Waals surface area contributed by atoms with Crippen LogP contribution in [0.15, 0.2) is 35.2 Å². The second-order valence-electron chi connectivity index (χ2n) is 5.66. The molecule has 1 saturated heterocycles. The lowest BCUT2D eigenvalue weighted by molar-refractivity contribution is 0.110. The normalized spacial score (nSPS) is 16.7. The van der Waals surface area contributed by atoms with Crippen LogP contribution in [0.25, 0.3) is 0 Å². The van der Waals surface area contributed by atoms with Crippen molar-refractivity contribution in [3.05, 3.63) is 41.0 Å². The lowest BCUT2D eigenvalue weighted by Gasteiger charge is -2.15. The summed E-state index contributed by atoms with van der Waals surface area (Å²) < 4.78 is 37.8. The fourth-order valence-electron chi connectivity index (χ4n) is 2.68. The third kappa shape index (κ3) is 4.65. The van der Waals surface area contributed by atoms with Crippen LogP contribution in [0.4, 0.5) is 10.7 Å². The molecule has 9 nitrogen and oxygen atoms in total. The summed E-state index contributed by atoms with van der Waals surface area (Å²) in [4.78, 5) is 19.8. The van der Waals surface area contributed by atoms with E-state index in [2.05, 4.69) is 15.3 Å². The van der Waals surface area contributed by atoms with Gasteiger partial charge in [-0.2, -0.15) is 4.98 Å². The predicted octanol–water partition coefficient (Wildman–Crippen LogP) is 2.50. The number of nitrogens with zero attached hydrogens (tertiary/aromatic N) is 2. The van der Waals surface area contributed by atoms with Crippen molar-refractivity contribution in [2.45, 2.75) is 23.8 Å². The second-order valence-corrected chi connectivity index (χ2v) is 7.69. The third-order valence-electron chi connectivity index (χ3n) is 3.82. The summed E-state index contributed by atoms with van der Waals surface area (Å²) in [5.41, 5.74) is 0.510. The number of carbonyl (C=O) groups is 1. The highest BCUT2D eigenvalue weighted by atomic mass is 35.5. The van der Waals surface area contributed by atoms with Gasteiger partial charge in [-0.3, -0.25) is 5.32 Å². The Balaban J connectivity index is 1.79. The molecule has 1 aromatic heterocycles. The topological polar surface area (TPSA) is 120 Å². The van der Waals surface area contributed by atoms with Crippen molar-refractivity contribution in [3.63, 3.8) is 0 Å². The van der Waals surface area contributed by atoms with Crippen molar-refractivity contribution < 1.29 is 22.7 Å². The number of benzene rings is 1. The van der Waals surface area contributed by atoms with Gasteiger partial charge in [0.05, 0.1) is 18.1 Å². The molecule has 1 fully saturated rings. The predicted molar refractivity (Wildman–Crippen MR) is 97.3 cm³/mol. The highest BCUT2D eigenvalue weighted by Gasteiger charge is 2.27. The zero-order valence-corrected chi connectivity index (χ0v) is 15.9.